The van der Waals surface area contributed by atoms with Crippen LogP contribution in [-0.2, 0) is 16.6 Å². The molecule has 0 radical (unpaired) electrons. The van der Waals surface area contributed by atoms with Crippen molar-refractivity contribution in [3.63, 3.8) is 0 Å². The molecule has 1 aromatic carbocycles. The van der Waals surface area contributed by atoms with Crippen molar-refractivity contribution in [2.45, 2.75) is 13.0 Å². The van der Waals surface area contributed by atoms with Crippen LogP contribution >= 0.6 is 23.2 Å². The van der Waals surface area contributed by atoms with Gasteiger partial charge in [0.1, 0.15) is 11.5 Å². The van der Waals surface area contributed by atoms with Crippen LogP contribution in [0.2, 0.25) is 10.0 Å². The number of sulfonamides is 1. The Kier molecular flexibility index (Phi) is 5.52. The van der Waals surface area contributed by atoms with Crippen LogP contribution in [0, 0.1) is 0 Å². The number of halogens is 2. The lowest BCUT2D eigenvalue weighted by molar-refractivity contribution is 0.424. The van der Waals surface area contributed by atoms with Gasteiger partial charge in [-0.3, -0.25) is 0 Å². The molecule has 8 heteroatoms. The summed E-state index contributed by atoms with van der Waals surface area (Å²) in [5.41, 5.74) is 0.860. The molecule has 2 aromatic rings. The Morgan fingerprint density at radius 3 is 2.71 bits per heavy atom. The summed E-state index contributed by atoms with van der Waals surface area (Å²) in [6, 6.07) is 9.11. The van der Waals surface area contributed by atoms with Crippen LogP contribution in [-0.4, -0.2) is 38.1 Å². The monoisotopic (exact) mass is 388 g/mol. The number of furan rings is 1. The Morgan fingerprint density at radius 2 is 2.00 bits per heavy atom. The van der Waals surface area contributed by atoms with Crippen molar-refractivity contribution >= 4 is 33.2 Å². The molecule has 1 aromatic heterocycles. The van der Waals surface area contributed by atoms with E-state index >= 15 is 0 Å². The third-order valence-corrected chi connectivity index (χ3v) is 6.60. The van der Waals surface area contributed by atoms with Gasteiger partial charge in [0.15, 0.2) is 0 Å². The second-order valence-electron chi connectivity index (χ2n) is 5.64. The molecule has 0 saturated carbocycles. The van der Waals surface area contributed by atoms with E-state index in [2.05, 4.69) is 5.32 Å². The zero-order valence-electron chi connectivity index (χ0n) is 13.0. The average molecular weight is 389 g/mol. The SMILES string of the molecule is O=S1(=O)CCCN1CCNCc1ccc(-c2ccc(Cl)c(Cl)c2)o1. The summed E-state index contributed by atoms with van der Waals surface area (Å²) in [5.74, 6) is 1.76. The minimum Gasteiger partial charge on any atom is -0.460 e. The van der Waals surface area contributed by atoms with E-state index in [4.69, 9.17) is 27.6 Å². The molecule has 0 unspecified atom stereocenters. The number of nitrogens with zero attached hydrogens (tertiary/aromatic N) is 1. The molecule has 1 N–H and O–H groups in total. The normalized spacial score (nSPS) is 17.4. The minimum atomic E-state index is -3.03. The fourth-order valence-corrected chi connectivity index (χ4v) is 4.46. The number of nitrogens with one attached hydrogen (secondary N) is 1. The van der Waals surface area contributed by atoms with Crippen molar-refractivity contribution in [3.05, 3.63) is 46.1 Å². The van der Waals surface area contributed by atoms with Crippen molar-refractivity contribution < 1.29 is 12.8 Å². The zero-order chi connectivity index (χ0) is 17.2. The third-order valence-electron chi connectivity index (χ3n) is 3.91. The molecule has 24 heavy (non-hydrogen) atoms. The van der Waals surface area contributed by atoms with Crippen molar-refractivity contribution in [1.82, 2.24) is 9.62 Å². The highest BCUT2D eigenvalue weighted by molar-refractivity contribution is 7.89. The van der Waals surface area contributed by atoms with Crippen LogP contribution in [0.15, 0.2) is 34.7 Å². The molecule has 0 atom stereocenters. The summed E-state index contributed by atoms with van der Waals surface area (Å²) in [6.07, 6.45) is 0.716. The molecule has 3 rings (SSSR count). The van der Waals surface area contributed by atoms with Gasteiger partial charge < -0.3 is 9.73 Å². The van der Waals surface area contributed by atoms with Crippen LogP contribution in [0.5, 0.6) is 0 Å². The molecule has 0 spiro atoms. The largest absolute Gasteiger partial charge is 0.460 e. The highest BCUT2D eigenvalue weighted by Gasteiger charge is 2.27. The molecule has 5 nitrogen and oxygen atoms in total. The summed E-state index contributed by atoms with van der Waals surface area (Å²) in [5, 5.41) is 4.19. The zero-order valence-corrected chi connectivity index (χ0v) is 15.3. The first kappa shape index (κ1) is 17.8. The van der Waals surface area contributed by atoms with E-state index in [1.807, 2.05) is 18.2 Å². The Morgan fingerprint density at radius 1 is 1.17 bits per heavy atom. The first-order valence-corrected chi connectivity index (χ1v) is 10.0. The average Bonchev–Trinajstić information content (AvgIpc) is 3.13. The summed E-state index contributed by atoms with van der Waals surface area (Å²) in [4.78, 5) is 0. The molecule has 130 valence electrons. The van der Waals surface area contributed by atoms with E-state index in [0.29, 0.717) is 48.4 Å². The lowest BCUT2D eigenvalue weighted by atomic mass is 10.2. The van der Waals surface area contributed by atoms with Gasteiger partial charge in [0, 0.05) is 25.2 Å². The smallest absolute Gasteiger partial charge is 0.214 e. The van der Waals surface area contributed by atoms with E-state index < -0.39 is 10.0 Å². The molecular weight excluding hydrogens is 371 g/mol. The molecule has 0 bridgehead atoms. The lowest BCUT2D eigenvalue weighted by Crippen LogP contribution is -2.33. The quantitative estimate of drug-likeness (QED) is 0.770. The summed E-state index contributed by atoms with van der Waals surface area (Å²) in [7, 11) is -3.03. The van der Waals surface area contributed by atoms with Gasteiger partial charge in [0.25, 0.3) is 0 Å². The van der Waals surface area contributed by atoms with E-state index in [1.54, 1.807) is 12.1 Å². The first-order chi connectivity index (χ1) is 11.5. The minimum absolute atomic E-state index is 0.262. The van der Waals surface area contributed by atoms with Crippen molar-refractivity contribution in [1.29, 1.82) is 0 Å². The Balaban J connectivity index is 1.52. The van der Waals surface area contributed by atoms with Crippen LogP contribution in [0.25, 0.3) is 11.3 Å². The standard InChI is InChI=1S/C16H18Cl2N2O3S/c17-14-4-2-12(10-15(14)18)16-5-3-13(23-16)11-19-6-8-20-7-1-9-24(20,21)22/h2-5,10,19H,1,6-9,11H2. The molecule has 0 aliphatic carbocycles. The predicted octanol–water partition coefficient (Wildman–Crippen LogP) is 3.38. The van der Waals surface area contributed by atoms with Crippen molar-refractivity contribution in [2.75, 3.05) is 25.4 Å². The number of rotatable bonds is 6. The summed E-state index contributed by atoms with van der Waals surface area (Å²) >= 11 is 11.9. The van der Waals surface area contributed by atoms with Crippen LogP contribution in [0.3, 0.4) is 0 Å². The molecule has 0 amide bonds. The van der Waals surface area contributed by atoms with Crippen LogP contribution < -0.4 is 5.32 Å². The predicted molar refractivity (Wildman–Crippen MR) is 95.8 cm³/mol. The van der Waals surface area contributed by atoms with E-state index in [0.717, 1.165) is 11.3 Å². The van der Waals surface area contributed by atoms with Crippen LogP contribution in [0.1, 0.15) is 12.2 Å². The molecule has 1 fully saturated rings. The second-order valence-corrected chi connectivity index (χ2v) is 8.54. The maximum atomic E-state index is 11.7. The van der Waals surface area contributed by atoms with Gasteiger partial charge in [-0.1, -0.05) is 23.2 Å². The highest BCUT2D eigenvalue weighted by Crippen LogP contribution is 2.29. The first-order valence-electron chi connectivity index (χ1n) is 7.68. The third kappa shape index (κ3) is 4.13. The molecule has 1 aliphatic heterocycles. The van der Waals surface area contributed by atoms with Crippen molar-refractivity contribution in [2.24, 2.45) is 0 Å². The fourth-order valence-electron chi connectivity index (χ4n) is 2.64. The van der Waals surface area contributed by atoms with E-state index in [-0.39, 0.29) is 5.75 Å². The van der Waals surface area contributed by atoms with E-state index in [9.17, 15) is 8.42 Å². The maximum absolute atomic E-state index is 11.7. The lowest BCUT2D eigenvalue weighted by Gasteiger charge is -2.13. The van der Waals surface area contributed by atoms with Crippen LogP contribution in [0.4, 0.5) is 0 Å². The van der Waals surface area contributed by atoms with Gasteiger partial charge in [-0.25, -0.2) is 12.7 Å². The second kappa shape index (κ2) is 7.45. The Bertz CT molecular complexity index is 820. The molecular formula is C16H18Cl2N2O3S. The number of hydrogen-bond acceptors (Lipinski definition) is 4. The van der Waals surface area contributed by atoms with Gasteiger partial charge in [-0.05, 0) is 36.8 Å². The Labute approximate surface area is 151 Å². The summed E-state index contributed by atoms with van der Waals surface area (Å²) < 4.78 is 30.7. The maximum Gasteiger partial charge on any atom is 0.214 e. The van der Waals surface area contributed by atoms with E-state index in [1.165, 1.54) is 4.31 Å². The number of benzene rings is 1. The molecule has 1 saturated heterocycles. The molecule has 2 heterocycles. The highest BCUT2D eigenvalue weighted by atomic mass is 35.5. The Hall–Kier alpha value is -1.05. The van der Waals surface area contributed by atoms with Gasteiger partial charge >= 0.3 is 0 Å². The van der Waals surface area contributed by atoms with Gasteiger partial charge in [0.2, 0.25) is 10.0 Å². The van der Waals surface area contributed by atoms with Gasteiger partial charge in [-0.15, -0.1) is 0 Å². The number of hydrogen-bond donors (Lipinski definition) is 1. The molecule has 1 aliphatic rings. The topological polar surface area (TPSA) is 62.6 Å². The fraction of sp³-hybridized carbons (Fsp3) is 0.375. The summed E-state index contributed by atoms with van der Waals surface area (Å²) in [6.45, 7) is 2.23. The van der Waals surface area contributed by atoms with Gasteiger partial charge in [0.05, 0.1) is 22.3 Å². The van der Waals surface area contributed by atoms with Crippen molar-refractivity contribution in [3.8, 4) is 11.3 Å². The van der Waals surface area contributed by atoms with Gasteiger partial charge in [-0.2, -0.15) is 0 Å².